The predicted octanol–water partition coefficient (Wildman–Crippen LogP) is 3.97. The van der Waals surface area contributed by atoms with Gasteiger partial charge in [0, 0.05) is 11.6 Å². The number of aromatic nitrogens is 1. The van der Waals surface area contributed by atoms with Crippen LogP contribution in [0.4, 0.5) is 0 Å². The van der Waals surface area contributed by atoms with Crippen LogP contribution < -0.4 is 0 Å². The molecular formula is C14H15N. The Morgan fingerprint density at radius 1 is 1.27 bits per heavy atom. The summed E-state index contributed by atoms with van der Waals surface area (Å²) >= 11 is 0. The monoisotopic (exact) mass is 197 g/mol. The van der Waals surface area contributed by atoms with Gasteiger partial charge in [-0.2, -0.15) is 0 Å². The molecule has 0 radical (unpaired) electrons. The van der Waals surface area contributed by atoms with Crippen LogP contribution in [0.1, 0.15) is 24.5 Å². The standard InChI is InChI=1S/C14H15N/c1-3-4-5-12-6-7-13-8-11(2)10-15-14(13)9-12/h4-10H,3H2,1-2H3/b5-4+. The molecular weight excluding hydrogens is 182 g/mol. The maximum absolute atomic E-state index is 4.42. The van der Waals surface area contributed by atoms with Crippen molar-refractivity contribution in [1.82, 2.24) is 4.98 Å². The fourth-order valence-electron chi connectivity index (χ4n) is 1.61. The highest BCUT2D eigenvalue weighted by molar-refractivity contribution is 5.81. The molecule has 1 nitrogen and oxygen atoms in total. The zero-order valence-electron chi connectivity index (χ0n) is 9.20. The number of rotatable bonds is 2. The lowest BCUT2D eigenvalue weighted by Crippen LogP contribution is -1.82. The van der Waals surface area contributed by atoms with Crippen LogP contribution in [0.2, 0.25) is 0 Å². The number of allylic oxidation sites excluding steroid dienone is 1. The Bertz CT molecular complexity index is 498. The molecule has 1 heteroatoms. The molecule has 0 amide bonds. The fraction of sp³-hybridized carbons (Fsp3) is 0.214. The minimum absolute atomic E-state index is 1.07. The van der Waals surface area contributed by atoms with Crippen LogP contribution >= 0.6 is 0 Å². The topological polar surface area (TPSA) is 12.9 Å². The molecule has 0 spiro atoms. The SMILES string of the molecule is CC/C=C/c1ccc2cc(C)cnc2c1. The van der Waals surface area contributed by atoms with Gasteiger partial charge in [0.1, 0.15) is 0 Å². The van der Waals surface area contributed by atoms with E-state index in [0.29, 0.717) is 0 Å². The average molecular weight is 197 g/mol. The Labute approximate surface area is 90.5 Å². The number of hydrogen-bond donors (Lipinski definition) is 0. The lowest BCUT2D eigenvalue weighted by molar-refractivity contribution is 1.23. The first-order valence-electron chi connectivity index (χ1n) is 5.32. The second kappa shape index (κ2) is 4.26. The number of hydrogen-bond acceptors (Lipinski definition) is 1. The Hall–Kier alpha value is -1.63. The summed E-state index contributed by atoms with van der Waals surface area (Å²) in [4.78, 5) is 4.42. The molecule has 1 heterocycles. The normalized spacial score (nSPS) is 11.3. The lowest BCUT2D eigenvalue weighted by atomic mass is 10.1. The fourth-order valence-corrected chi connectivity index (χ4v) is 1.61. The third kappa shape index (κ3) is 2.24. The van der Waals surface area contributed by atoms with Crippen molar-refractivity contribution in [2.75, 3.05) is 0 Å². The molecule has 0 atom stereocenters. The number of aryl methyl sites for hydroxylation is 1. The van der Waals surface area contributed by atoms with E-state index in [9.17, 15) is 0 Å². The highest BCUT2D eigenvalue weighted by Crippen LogP contribution is 2.16. The van der Waals surface area contributed by atoms with E-state index < -0.39 is 0 Å². The van der Waals surface area contributed by atoms with E-state index in [2.05, 4.69) is 55.2 Å². The number of nitrogens with zero attached hydrogens (tertiary/aromatic N) is 1. The summed E-state index contributed by atoms with van der Waals surface area (Å²) in [7, 11) is 0. The van der Waals surface area contributed by atoms with Crippen LogP contribution in [0.3, 0.4) is 0 Å². The zero-order chi connectivity index (χ0) is 10.7. The van der Waals surface area contributed by atoms with Crippen molar-refractivity contribution in [2.24, 2.45) is 0 Å². The molecule has 1 aromatic heterocycles. The van der Waals surface area contributed by atoms with Gasteiger partial charge in [0.05, 0.1) is 5.52 Å². The van der Waals surface area contributed by atoms with Gasteiger partial charge in [-0.05, 0) is 36.6 Å². The van der Waals surface area contributed by atoms with Crippen molar-refractivity contribution in [1.29, 1.82) is 0 Å². The summed E-state index contributed by atoms with van der Waals surface area (Å²) in [5, 5.41) is 1.21. The van der Waals surface area contributed by atoms with E-state index in [1.165, 1.54) is 16.5 Å². The molecule has 0 saturated carbocycles. The predicted molar refractivity (Wildman–Crippen MR) is 65.8 cm³/mol. The van der Waals surface area contributed by atoms with E-state index in [0.717, 1.165) is 11.9 Å². The largest absolute Gasteiger partial charge is 0.256 e. The number of benzene rings is 1. The molecule has 0 unspecified atom stereocenters. The zero-order valence-corrected chi connectivity index (χ0v) is 9.20. The smallest absolute Gasteiger partial charge is 0.0708 e. The van der Waals surface area contributed by atoms with Gasteiger partial charge < -0.3 is 0 Å². The maximum atomic E-state index is 4.42. The summed E-state index contributed by atoms with van der Waals surface area (Å²) < 4.78 is 0. The van der Waals surface area contributed by atoms with Gasteiger partial charge in [0.25, 0.3) is 0 Å². The summed E-state index contributed by atoms with van der Waals surface area (Å²) in [5.41, 5.74) is 3.50. The second-order valence-corrected chi connectivity index (χ2v) is 3.78. The van der Waals surface area contributed by atoms with E-state index in [1.54, 1.807) is 0 Å². The van der Waals surface area contributed by atoms with Crippen molar-refractivity contribution >= 4 is 17.0 Å². The van der Waals surface area contributed by atoms with Gasteiger partial charge in [0.15, 0.2) is 0 Å². The van der Waals surface area contributed by atoms with E-state index >= 15 is 0 Å². The van der Waals surface area contributed by atoms with Crippen molar-refractivity contribution < 1.29 is 0 Å². The molecule has 0 aliphatic carbocycles. The minimum Gasteiger partial charge on any atom is -0.256 e. The lowest BCUT2D eigenvalue weighted by Gasteiger charge is -2.00. The molecule has 0 fully saturated rings. The van der Waals surface area contributed by atoms with E-state index in [-0.39, 0.29) is 0 Å². The molecule has 0 saturated heterocycles. The van der Waals surface area contributed by atoms with E-state index in [1.807, 2.05) is 6.20 Å². The summed E-state index contributed by atoms with van der Waals surface area (Å²) in [5.74, 6) is 0. The third-order valence-corrected chi connectivity index (χ3v) is 2.39. The Morgan fingerprint density at radius 2 is 2.13 bits per heavy atom. The van der Waals surface area contributed by atoms with Gasteiger partial charge in [0.2, 0.25) is 0 Å². The average Bonchev–Trinajstić information content (AvgIpc) is 2.26. The maximum Gasteiger partial charge on any atom is 0.0708 e. The minimum atomic E-state index is 1.07. The second-order valence-electron chi connectivity index (χ2n) is 3.78. The quantitative estimate of drug-likeness (QED) is 0.710. The first-order valence-corrected chi connectivity index (χ1v) is 5.32. The molecule has 0 aliphatic rings. The molecule has 1 aromatic carbocycles. The van der Waals surface area contributed by atoms with Crippen LogP contribution in [0.25, 0.3) is 17.0 Å². The van der Waals surface area contributed by atoms with Crippen molar-refractivity contribution in [3.8, 4) is 0 Å². The van der Waals surface area contributed by atoms with Crippen molar-refractivity contribution in [2.45, 2.75) is 20.3 Å². The van der Waals surface area contributed by atoms with Crippen LogP contribution in [0.15, 0.2) is 36.5 Å². The number of pyridine rings is 1. The summed E-state index contributed by atoms with van der Waals surface area (Å²) in [6.07, 6.45) is 7.28. The first kappa shape index (κ1) is 9.91. The highest BCUT2D eigenvalue weighted by atomic mass is 14.6. The summed E-state index contributed by atoms with van der Waals surface area (Å²) in [6.45, 7) is 4.20. The first-order chi connectivity index (χ1) is 7.29. The summed E-state index contributed by atoms with van der Waals surface area (Å²) in [6, 6.07) is 8.55. The van der Waals surface area contributed by atoms with Gasteiger partial charge in [-0.15, -0.1) is 0 Å². The molecule has 2 aromatic rings. The van der Waals surface area contributed by atoms with Crippen LogP contribution in [0.5, 0.6) is 0 Å². The van der Waals surface area contributed by atoms with Crippen molar-refractivity contribution in [3.05, 3.63) is 47.7 Å². The molecule has 0 N–H and O–H groups in total. The van der Waals surface area contributed by atoms with Gasteiger partial charge >= 0.3 is 0 Å². The molecule has 76 valence electrons. The van der Waals surface area contributed by atoms with Crippen molar-refractivity contribution in [3.63, 3.8) is 0 Å². The Balaban J connectivity index is 2.47. The highest BCUT2D eigenvalue weighted by Gasteiger charge is 1.95. The van der Waals surface area contributed by atoms with E-state index in [4.69, 9.17) is 0 Å². The molecule has 15 heavy (non-hydrogen) atoms. The molecule has 0 bridgehead atoms. The number of fused-ring (bicyclic) bond motifs is 1. The van der Waals surface area contributed by atoms with Crippen LogP contribution in [-0.4, -0.2) is 4.98 Å². The molecule has 2 rings (SSSR count). The Morgan fingerprint density at radius 3 is 2.93 bits per heavy atom. The van der Waals surface area contributed by atoms with Crippen LogP contribution in [0, 0.1) is 6.92 Å². The van der Waals surface area contributed by atoms with Crippen LogP contribution in [-0.2, 0) is 0 Å². The Kier molecular flexibility index (Phi) is 2.82. The van der Waals surface area contributed by atoms with Gasteiger partial charge in [-0.1, -0.05) is 31.2 Å². The van der Waals surface area contributed by atoms with Gasteiger partial charge in [-0.3, -0.25) is 4.98 Å². The third-order valence-electron chi connectivity index (χ3n) is 2.39. The molecule has 0 aliphatic heterocycles. The van der Waals surface area contributed by atoms with Gasteiger partial charge in [-0.25, -0.2) is 0 Å².